The van der Waals surface area contributed by atoms with Crippen LogP contribution in [-0.2, 0) is 24.5 Å². The van der Waals surface area contributed by atoms with Crippen molar-refractivity contribution in [1.82, 2.24) is 20.1 Å². The number of nitrogens with zero attached hydrogens (tertiary/aromatic N) is 4. The highest BCUT2D eigenvalue weighted by molar-refractivity contribution is 6.10. The molecule has 2 aliphatic carbocycles. The van der Waals surface area contributed by atoms with Crippen molar-refractivity contribution in [2.24, 2.45) is 18.9 Å². The number of aryl methyl sites for hydroxylation is 1. The molecule has 7 nitrogen and oxygen atoms in total. The number of carbonyl (C=O) groups excluding carboxylic acids is 1. The second-order valence-electron chi connectivity index (χ2n) is 12.5. The Morgan fingerprint density at radius 2 is 1.88 bits per heavy atom. The molecule has 1 saturated heterocycles. The molecule has 0 spiro atoms. The average molecular weight is 566 g/mol. The summed E-state index contributed by atoms with van der Waals surface area (Å²) in [7, 11) is 1.89. The number of alkyl halides is 3. The highest BCUT2D eigenvalue weighted by atomic mass is 19.4. The standard InChI is InChI=1S/C31H34F3N5O2/c1-30(9-4-10-30)36-27(18-7-8-18)20-12-23-24(25(13-20)31(32,33)34)14-39(29(23)40)22-6-3-5-19(11-22)26(21-15-41-16-21)28-37-35-17-38(28)2/h3,5-6,11-13,17-18,21,26-27,36H,4,7-10,14-16H2,1-2H3/t26-,27+/m0/s1. The number of hydrogen-bond acceptors (Lipinski definition) is 5. The highest BCUT2D eigenvalue weighted by Crippen LogP contribution is 2.48. The molecule has 7 rings (SSSR count). The normalized spacial score (nSPS) is 21.8. The first-order valence-corrected chi connectivity index (χ1v) is 14.5. The summed E-state index contributed by atoms with van der Waals surface area (Å²) in [5.74, 6) is 0.782. The van der Waals surface area contributed by atoms with E-state index in [1.807, 2.05) is 29.8 Å². The molecular weight excluding hydrogens is 531 g/mol. The summed E-state index contributed by atoms with van der Waals surface area (Å²) in [6.45, 7) is 3.20. The fourth-order valence-corrected chi connectivity index (χ4v) is 6.74. The number of nitrogens with one attached hydrogen (secondary N) is 1. The number of benzene rings is 2. The lowest BCUT2D eigenvalue weighted by Crippen LogP contribution is -2.50. The van der Waals surface area contributed by atoms with Crippen LogP contribution in [0, 0.1) is 11.8 Å². The summed E-state index contributed by atoms with van der Waals surface area (Å²) in [5.41, 5.74) is 1.52. The van der Waals surface area contributed by atoms with Crippen molar-refractivity contribution in [2.45, 2.75) is 69.2 Å². The van der Waals surface area contributed by atoms with Crippen molar-refractivity contribution in [3.05, 3.63) is 76.4 Å². The van der Waals surface area contributed by atoms with Gasteiger partial charge in [0.25, 0.3) is 5.91 Å². The minimum absolute atomic E-state index is 0.0540. The van der Waals surface area contributed by atoms with Gasteiger partial charge in [0.2, 0.25) is 0 Å². The van der Waals surface area contributed by atoms with Crippen LogP contribution in [0.4, 0.5) is 18.9 Å². The van der Waals surface area contributed by atoms with Crippen molar-refractivity contribution in [3.8, 4) is 0 Å². The third-order valence-electron chi connectivity index (χ3n) is 9.48. The molecule has 10 heteroatoms. The van der Waals surface area contributed by atoms with Crippen LogP contribution in [0.2, 0.25) is 0 Å². The van der Waals surface area contributed by atoms with Crippen LogP contribution >= 0.6 is 0 Å². The number of fused-ring (bicyclic) bond motifs is 1. The van der Waals surface area contributed by atoms with Crippen molar-refractivity contribution in [3.63, 3.8) is 0 Å². The van der Waals surface area contributed by atoms with Gasteiger partial charge in [-0.15, -0.1) is 10.2 Å². The number of anilines is 1. The zero-order chi connectivity index (χ0) is 28.5. The molecule has 3 fully saturated rings. The molecular formula is C31H34F3N5O2. The molecule has 0 unspecified atom stereocenters. The Balaban J connectivity index is 1.25. The fourth-order valence-electron chi connectivity index (χ4n) is 6.74. The van der Waals surface area contributed by atoms with Crippen LogP contribution in [0.15, 0.2) is 42.7 Å². The van der Waals surface area contributed by atoms with Gasteiger partial charge < -0.3 is 19.5 Å². The third-order valence-corrected chi connectivity index (χ3v) is 9.48. The summed E-state index contributed by atoms with van der Waals surface area (Å²) < 4.78 is 50.8. The Morgan fingerprint density at radius 3 is 2.46 bits per heavy atom. The molecule has 2 aromatic carbocycles. The Labute approximate surface area is 237 Å². The number of carbonyl (C=O) groups is 1. The highest BCUT2D eigenvalue weighted by Gasteiger charge is 2.44. The van der Waals surface area contributed by atoms with Crippen LogP contribution in [0.25, 0.3) is 0 Å². The lowest BCUT2D eigenvalue weighted by Gasteiger charge is -2.43. The zero-order valence-electron chi connectivity index (χ0n) is 23.2. The smallest absolute Gasteiger partial charge is 0.381 e. The van der Waals surface area contributed by atoms with Crippen molar-refractivity contribution >= 4 is 11.6 Å². The predicted molar refractivity (Wildman–Crippen MR) is 146 cm³/mol. The average Bonchev–Trinajstić information content (AvgIpc) is 3.57. The number of hydrogen-bond donors (Lipinski definition) is 1. The molecule has 1 N–H and O–H groups in total. The maximum absolute atomic E-state index is 14.5. The van der Waals surface area contributed by atoms with Crippen LogP contribution in [0.5, 0.6) is 0 Å². The molecule has 1 amide bonds. The third kappa shape index (κ3) is 4.74. The summed E-state index contributed by atoms with van der Waals surface area (Å²) in [6.07, 6.45) is 2.20. The molecule has 0 bridgehead atoms. The van der Waals surface area contributed by atoms with Crippen LogP contribution in [-0.4, -0.2) is 39.4 Å². The van der Waals surface area contributed by atoms with Gasteiger partial charge in [-0.3, -0.25) is 4.79 Å². The Kier molecular flexibility index (Phi) is 6.28. The summed E-state index contributed by atoms with van der Waals surface area (Å²) in [6, 6.07) is 10.4. The minimum atomic E-state index is -4.56. The lowest BCUT2D eigenvalue weighted by molar-refractivity contribution is -0.138. The molecule has 2 atom stereocenters. The maximum atomic E-state index is 14.5. The topological polar surface area (TPSA) is 72.3 Å². The molecule has 2 saturated carbocycles. The lowest BCUT2D eigenvalue weighted by atomic mass is 9.77. The number of rotatable bonds is 8. The Bertz CT molecular complexity index is 1490. The quantitative estimate of drug-likeness (QED) is 0.376. The summed E-state index contributed by atoms with van der Waals surface area (Å²) in [4.78, 5) is 15.3. The summed E-state index contributed by atoms with van der Waals surface area (Å²) >= 11 is 0. The molecule has 3 heterocycles. The SMILES string of the molecule is Cn1cnnc1[C@@H](c1cccc(N2Cc3c(cc([C@H](NC4(C)CCC4)C4CC4)cc3C(F)(F)F)C2=O)c1)C1COC1. The van der Waals surface area contributed by atoms with Gasteiger partial charge in [0.15, 0.2) is 0 Å². The molecule has 216 valence electrons. The van der Waals surface area contributed by atoms with E-state index in [0.717, 1.165) is 43.5 Å². The minimum Gasteiger partial charge on any atom is -0.381 e. The van der Waals surface area contributed by atoms with Crippen LogP contribution in [0.3, 0.4) is 0 Å². The molecule has 41 heavy (non-hydrogen) atoms. The van der Waals surface area contributed by atoms with Gasteiger partial charge in [0.1, 0.15) is 12.2 Å². The van der Waals surface area contributed by atoms with Gasteiger partial charge >= 0.3 is 6.18 Å². The van der Waals surface area contributed by atoms with E-state index < -0.39 is 17.6 Å². The van der Waals surface area contributed by atoms with E-state index in [9.17, 15) is 18.0 Å². The van der Waals surface area contributed by atoms with Gasteiger partial charge in [-0.2, -0.15) is 13.2 Å². The number of amides is 1. The number of halogens is 3. The van der Waals surface area contributed by atoms with Gasteiger partial charge in [0.05, 0.1) is 31.2 Å². The number of ether oxygens (including phenoxy) is 1. The van der Waals surface area contributed by atoms with E-state index in [4.69, 9.17) is 4.74 Å². The second-order valence-corrected chi connectivity index (χ2v) is 12.5. The molecule has 3 aromatic rings. The zero-order valence-corrected chi connectivity index (χ0v) is 23.2. The first-order valence-electron chi connectivity index (χ1n) is 14.5. The van der Waals surface area contributed by atoms with E-state index in [0.29, 0.717) is 30.4 Å². The monoisotopic (exact) mass is 565 g/mol. The molecule has 2 aliphatic heterocycles. The van der Waals surface area contributed by atoms with Crippen LogP contribution < -0.4 is 10.2 Å². The number of aromatic nitrogens is 3. The van der Waals surface area contributed by atoms with E-state index in [1.54, 1.807) is 18.5 Å². The Hall–Kier alpha value is -3.24. The Morgan fingerprint density at radius 1 is 1.10 bits per heavy atom. The fraction of sp³-hybridized carbons (Fsp3) is 0.516. The van der Waals surface area contributed by atoms with Gasteiger partial charge in [0, 0.05) is 35.8 Å². The van der Waals surface area contributed by atoms with Gasteiger partial charge in [-0.05, 0) is 85.9 Å². The van der Waals surface area contributed by atoms with Crippen molar-refractivity contribution in [1.29, 1.82) is 0 Å². The van der Waals surface area contributed by atoms with Crippen molar-refractivity contribution < 1.29 is 22.7 Å². The predicted octanol–water partition coefficient (Wildman–Crippen LogP) is 5.76. The molecule has 4 aliphatic rings. The molecule has 0 radical (unpaired) electrons. The largest absolute Gasteiger partial charge is 0.416 e. The van der Waals surface area contributed by atoms with Crippen LogP contribution in [0.1, 0.15) is 89.4 Å². The van der Waals surface area contributed by atoms with Gasteiger partial charge in [-0.1, -0.05) is 12.1 Å². The first kappa shape index (κ1) is 26.6. The van der Waals surface area contributed by atoms with E-state index >= 15 is 0 Å². The second kappa shape index (κ2) is 9.66. The summed E-state index contributed by atoms with van der Waals surface area (Å²) in [5, 5.41) is 12.1. The van der Waals surface area contributed by atoms with Gasteiger partial charge in [-0.25, -0.2) is 0 Å². The first-order chi connectivity index (χ1) is 19.6. The molecule has 1 aromatic heterocycles. The van der Waals surface area contributed by atoms with Crippen molar-refractivity contribution in [2.75, 3.05) is 18.1 Å². The van der Waals surface area contributed by atoms with E-state index in [-0.39, 0.29) is 41.1 Å². The van der Waals surface area contributed by atoms with E-state index in [1.165, 1.54) is 11.0 Å². The van der Waals surface area contributed by atoms with E-state index in [2.05, 4.69) is 22.4 Å². The maximum Gasteiger partial charge on any atom is 0.416 e.